The van der Waals surface area contributed by atoms with E-state index in [0.717, 1.165) is 75.4 Å². The number of ether oxygens (including phenoxy) is 2. The molecule has 1 aromatic heterocycles. The number of carbonyl (C=O) groups is 2. The highest BCUT2D eigenvalue weighted by molar-refractivity contribution is 7.17. The Morgan fingerprint density at radius 1 is 0.811 bits per heavy atom. The number of fused-ring (bicyclic) bond motifs is 2. The van der Waals surface area contributed by atoms with Gasteiger partial charge in [-0.1, -0.05) is 110 Å². The second kappa shape index (κ2) is 21.1. The largest absolute Gasteiger partial charge is 0.494 e. The Bertz CT molecular complexity index is 1560. The van der Waals surface area contributed by atoms with Crippen molar-refractivity contribution >= 4 is 44.7 Å². The Morgan fingerprint density at radius 2 is 1.49 bits per heavy atom. The second-order valence-electron chi connectivity index (χ2n) is 16.1. The molecule has 3 heterocycles. The smallest absolute Gasteiger partial charge is 0.307 e. The fourth-order valence-corrected chi connectivity index (χ4v) is 8.95. The van der Waals surface area contributed by atoms with Crippen molar-refractivity contribution in [1.29, 1.82) is 0 Å². The molecule has 8 heteroatoms. The number of piperazine rings is 1. The van der Waals surface area contributed by atoms with Crippen LogP contribution in [0, 0.1) is 0 Å². The van der Waals surface area contributed by atoms with E-state index in [9.17, 15) is 9.59 Å². The second-order valence-corrected chi connectivity index (χ2v) is 17.0. The molecule has 2 aliphatic rings. The maximum Gasteiger partial charge on any atom is 0.307 e. The highest BCUT2D eigenvalue weighted by Crippen LogP contribution is 2.43. The lowest BCUT2D eigenvalue weighted by Gasteiger charge is -2.41. The van der Waals surface area contributed by atoms with Gasteiger partial charge >= 0.3 is 5.97 Å². The van der Waals surface area contributed by atoms with E-state index in [4.69, 9.17) is 9.47 Å². The topological polar surface area (TPSA) is 62.3 Å². The average molecular weight is 746 g/mol. The zero-order chi connectivity index (χ0) is 37.5. The minimum absolute atomic E-state index is 0.0204. The van der Waals surface area contributed by atoms with Gasteiger partial charge in [-0.2, -0.15) is 0 Å². The summed E-state index contributed by atoms with van der Waals surface area (Å²) in [7, 11) is 0. The van der Waals surface area contributed by atoms with Crippen LogP contribution in [0.5, 0.6) is 5.75 Å². The lowest BCUT2D eigenvalue weighted by molar-refractivity contribution is -0.149. The van der Waals surface area contributed by atoms with E-state index in [1.54, 1.807) is 4.90 Å². The minimum Gasteiger partial charge on any atom is -0.494 e. The summed E-state index contributed by atoms with van der Waals surface area (Å²) < 4.78 is 13.5. The Balaban J connectivity index is 0.997. The quantitative estimate of drug-likeness (QED) is 0.0711. The fourth-order valence-electron chi connectivity index (χ4n) is 8.15. The van der Waals surface area contributed by atoms with Crippen LogP contribution in [0.25, 0.3) is 10.1 Å². The van der Waals surface area contributed by atoms with Gasteiger partial charge in [-0.15, -0.1) is 11.3 Å². The highest BCUT2D eigenvalue weighted by atomic mass is 32.1. The van der Waals surface area contributed by atoms with Gasteiger partial charge in [0.15, 0.2) is 6.23 Å². The van der Waals surface area contributed by atoms with E-state index in [2.05, 4.69) is 66.3 Å². The highest BCUT2D eigenvalue weighted by Gasteiger charge is 2.39. The first kappa shape index (κ1) is 41.1. The lowest BCUT2D eigenvalue weighted by atomic mass is 9.77. The van der Waals surface area contributed by atoms with Crippen LogP contribution in [0.2, 0.25) is 0 Å². The van der Waals surface area contributed by atoms with Crippen LogP contribution in [0.3, 0.4) is 0 Å². The molecule has 1 unspecified atom stereocenters. The Morgan fingerprint density at radius 3 is 2.19 bits per heavy atom. The number of hydrogen-bond donors (Lipinski definition) is 0. The predicted molar refractivity (Wildman–Crippen MR) is 223 cm³/mol. The SMILES string of the molecule is CCCCCCCCCCCCCCCC(=O)OC(C)N1C(=O)CC(C)(C)c2ccc(OCCCCN3CCN(c4cccc5sccc45)CC3)cc21. The van der Waals surface area contributed by atoms with E-state index >= 15 is 0 Å². The molecule has 1 fully saturated rings. The molecule has 0 saturated carbocycles. The first-order valence-corrected chi connectivity index (χ1v) is 21.9. The number of carbonyl (C=O) groups excluding carboxylic acids is 2. The van der Waals surface area contributed by atoms with Crippen LogP contribution < -0.4 is 14.5 Å². The number of nitrogens with zero attached hydrogens (tertiary/aromatic N) is 3. The molecule has 53 heavy (non-hydrogen) atoms. The summed E-state index contributed by atoms with van der Waals surface area (Å²) in [6, 6.07) is 15.0. The summed E-state index contributed by atoms with van der Waals surface area (Å²) in [6.07, 6.45) is 18.6. The van der Waals surface area contributed by atoms with E-state index < -0.39 is 6.23 Å². The van der Waals surface area contributed by atoms with Gasteiger partial charge in [0.1, 0.15) is 5.75 Å². The number of unbranched alkanes of at least 4 members (excludes halogenated alkanes) is 13. The number of rotatable bonds is 23. The molecule has 1 atom stereocenters. The monoisotopic (exact) mass is 745 g/mol. The molecule has 2 aromatic carbocycles. The summed E-state index contributed by atoms with van der Waals surface area (Å²) in [4.78, 5) is 33.1. The van der Waals surface area contributed by atoms with Crippen LogP contribution in [0.4, 0.5) is 11.4 Å². The van der Waals surface area contributed by atoms with Crippen molar-refractivity contribution in [2.45, 2.75) is 148 Å². The van der Waals surface area contributed by atoms with Crippen LogP contribution in [0.15, 0.2) is 47.8 Å². The molecule has 0 N–H and O–H groups in total. The Hall–Kier alpha value is -3.10. The van der Waals surface area contributed by atoms with Crippen molar-refractivity contribution in [1.82, 2.24) is 4.90 Å². The molecule has 5 rings (SSSR count). The van der Waals surface area contributed by atoms with Crippen molar-refractivity contribution in [2.75, 3.05) is 49.1 Å². The number of hydrogen-bond acceptors (Lipinski definition) is 7. The molecule has 0 bridgehead atoms. The first-order valence-electron chi connectivity index (χ1n) is 21.0. The lowest BCUT2D eigenvalue weighted by Crippen LogP contribution is -2.48. The maximum atomic E-state index is 13.5. The molecular formula is C45H67N3O4S. The molecule has 0 radical (unpaired) electrons. The molecule has 3 aromatic rings. The van der Waals surface area contributed by atoms with Gasteiger partial charge in [-0.05, 0) is 67.9 Å². The Kier molecular flexibility index (Phi) is 16.4. The number of thiophene rings is 1. The summed E-state index contributed by atoms with van der Waals surface area (Å²) in [5.41, 5.74) is 2.93. The van der Waals surface area contributed by atoms with Crippen LogP contribution in [0.1, 0.15) is 142 Å². The van der Waals surface area contributed by atoms with Crippen molar-refractivity contribution < 1.29 is 19.1 Å². The molecule has 1 amide bonds. The zero-order valence-corrected chi connectivity index (χ0v) is 34.2. The third kappa shape index (κ3) is 12.2. The summed E-state index contributed by atoms with van der Waals surface area (Å²) in [5, 5.41) is 3.56. The minimum atomic E-state index is -0.666. The van der Waals surface area contributed by atoms with Crippen LogP contribution in [-0.2, 0) is 19.7 Å². The van der Waals surface area contributed by atoms with E-state index in [1.165, 1.54) is 86.4 Å². The summed E-state index contributed by atoms with van der Waals surface area (Å²) in [6.45, 7) is 14.3. The van der Waals surface area contributed by atoms with Gasteiger partial charge in [-0.3, -0.25) is 19.4 Å². The summed E-state index contributed by atoms with van der Waals surface area (Å²) >= 11 is 1.81. The third-order valence-electron chi connectivity index (χ3n) is 11.3. The third-order valence-corrected chi connectivity index (χ3v) is 12.2. The number of anilines is 2. The van der Waals surface area contributed by atoms with Gasteiger partial charge in [0.25, 0.3) is 0 Å². The van der Waals surface area contributed by atoms with Gasteiger partial charge in [-0.25, -0.2) is 0 Å². The standard InChI is InChI=1S/C45H67N3O4S/c1-5-6-7-8-9-10-11-12-13-14-15-16-17-23-44(50)52-36(2)48-41-34-37(24-25-39(41)45(3,4)35-43(48)49)51-32-19-18-27-46-28-30-47(31-29-46)40-21-20-22-42-38(40)26-33-53-42/h20-22,24-26,33-34,36H,5-19,23,27-32,35H2,1-4H3. The fraction of sp³-hybridized carbons (Fsp3) is 0.644. The molecular weight excluding hydrogens is 679 g/mol. The summed E-state index contributed by atoms with van der Waals surface area (Å²) in [5.74, 6) is 0.502. The van der Waals surface area contributed by atoms with Crippen molar-refractivity contribution in [2.24, 2.45) is 0 Å². The van der Waals surface area contributed by atoms with Crippen LogP contribution >= 0.6 is 11.3 Å². The normalized spacial score (nSPS) is 16.6. The molecule has 292 valence electrons. The number of esters is 1. The maximum absolute atomic E-state index is 13.5. The van der Waals surface area contributed by atoms with Gasteiger partial charge in [0, 0.05) is 66.3 Å². The molecule has 1 saturated heterocycles. The van der Waals surface area contributed by atoms with Crippen molar-refractivity contribution in [3.63, 3.8) is 0 Å². The van der Waals surface area contributed by atoms with Gasteiger partial charge < -0.3 is 14.4 Å². The predicted octanol–water partition coefficient (Wildman–Crippen LogP) is 11.3. The van der Waals surface area contributed by atoms with Crippen LogP contribution in [-0.4, -0.2) is 62.3 Å². The van der Waals surface area contributed by atoms with E-state index in [1.807, 2.05) is 30.4 Å². The molecule has 0 aliphatic carbocycles. The zero-order valence-electron chi connectivity index (χ0n) is 33.3. The number of amides is 1. The van der Waals surface area contributed by atoms with Gasteiger partial charge in [0.2, 0.25) is 5.91 Å². The Labute approximate surface area is 324 Å². The molecule has 7 nitrogen and oxygen atoms in total. The molecule has 0 spiro atoms. The van der Waals surface area contributed by atoms with Crippen molar-refractivity contribution in [3.8, 4) is 5.75 Å². The van der Waals surface area contributed by atoms with E-state index in [-0.39, 0.29) is 17.3 Å². The van der Waals surface area contributed by atoms with Crippen molar-refractivity contribution in [3.05, 3.63) is 53.4 Å². The first-order chi connectivity index (χ1) is 25.8. The van der Waals surface area contributed by atoms with E-state index in [0.29, 0.717) is 19.4 Å². The average Bonchev–Trinajstić information content (AvgIpc) is 3.63. The van der Waals surface area contributed by atoms with Gasteiger partial charge in [0.05, 0.1) is 12.3 Å². The molecule has 2 aliphatic heterocycles. The number of benzene rings is 2.